The van der Waals surface area contributed by atoms with Gasteiger partial charge in [0.1, 0.15) is 5.82 Å². The SMILES string of the molecule is O=c1[nH]ccn1CCN1CCCC1c1nc2ccccc2[nH]1. The van der Waals surface area contributed by atoms with Crippen LogP contribution in [-0.4, -0.2) is 37.5 Å². The maximum atomic E-state index is 11.6. The summed E-state index contributed by atoms with van der Waals surface area (Å²) in [6, 6.07) is 8.45. The molecule has 1 aliphatic rings. The van der Waals surface area contributed by atoms with Gasteiger partial charge in [-0.25, -0.2) is 9.78 Å². The molecular weight excluding hydrogens is 278 g/mol. The van der Waals surface area contributed by atoms with Crippen LogP contribution < -0.4 is 5.69 Å². The zero-order valence-electron chi connectivity index (χ0n) is 12.3. The first-order valence-electron chi connectivity index (χ1n) is 7.74. The average molecular weight is 297 g/mol. The van der Waals surface area contributed by atoms with Gasteiger partial charge in [-0.05, 0) is 31.5 Å². The summed E-state index contributed by atoms with van der Waals surface area (Å²) in [5.41, 5.74) is 2.07. The highest BCUT2D eigenvalue weighted by Gasteiger charge is 2.28. The molecular formula is C16H19N5O. The van der Waals surface area contributed by atoms with E-state index in [9.17, 15) is 4.79 Å². The number of H-pyrrole nitrogens is 2. The van der Waals surface area contributed by atoms with Crippen LogP contribution in [0.15, 0.2) is 41.5 Å². The third-order valence-electron chi connectivity index (χ3n) is 4.44. The molecule has 0 spiro atoms. The third-order valence-corrected chi connectivity index (χ3v) is 4.44. The molecule has 0 saturated carbocycles. The Bertz CT molecular complexity index is 797. The van der Waals surface area contributed by atoms with Gasteiger partial charge < -0.3 is 9.97 Å². The number of nitrogens with one attached hydrogen (secondary N) is 2. The second-order valence-corrected chi connectivity index (χ2v) is 5.79. The Morgan fingerprint density at radius 2 is 2.18 bits per heavy atom. The molecule has 3 heterocycles. The van der Waals surface area contributed by atoms with E-state index >= 15 is 0 Å². The first-order valence-corrected chi connectivity index (χ1v) is 7.74. The number of para-hydroxylation sites is 2. The van der Waals surface area contributed by atoms with Crippen molar-refractivity contribution in [2.75, 3.05) is 13.1 Å². The number of aromatic amines is 2. The Morgan fingerprint density at radius 3 is 3.00 bits per heavy atom. The summed E-state index contributed by atoms with van der Waals surface area (Å²) < 4.78 is 1.72. The Hall–Kier alpha value is -2.34. The average Bonchev–Trinajstić information content (AvgIpc) is 3.23. The number of rotatable bonds is 4. The van der Waals surface area contributed by atoms with Gasteiger partial charge in [-0.2, -0.15) is 0 Å². The number of likely N-dealkylation sites (tertiary alicyclic amines) is 1. The van der Waals surface area contributed by atoms with Crippen LogP contribution in [-0.2, 0) is 6.54 Å². The molecule has 1 saturated heterocycles. The van der Waals surface area contributed by atoms with Gasteiger partial charge >= 0.3 is 5.69 Å². The predicted octanol–water partition coefficient (Wildman–Crippen LogP) is 1.89. The summed E-state index contributed by atoms with van der Waals surface area (Å²) in [5.74, 6) is 1.04. The van der Waals surface area contributed by atoms with Crippen LogP contribution >= 0.6 is 0 Å². The maximum Gasteiger partial charge on any atom is 0.325 e. The molecule has 114 valence electrons. The van der Waals surface area contributed by atoms with Gasteiger partial charge in [-0.3, -0.25) is 9.47 Å². The van der Waals surface area contributed by atoms with E-state index in [4.69, 9.17) is 4.98 Å². The first kappa shape index (κ1) is 13.3. The van der Waals surface area contributed by atoms with E-state index in [1.54, 1.807) is 17.0 Å². The zero-order valence-corrected chi connectivity index (χ0v) is 12.3. The highest BCUT2D eigenvalue weighted by Crippen LogP contribution is 2.30. The zero-order chi connectivity index (χ0) is 14.9. The number of fused-ring (bicyclic) bond motifs is 1. The Labute approximate surface area is 127 Å². The lowest BCUT2D eigenvalue weighted by Crippen LogP contribution is -2.30. The summed E-state index contributed by atoms with van der Waals surface area (Å²) in [5, 5.41) is 0. The minimum absolute atomic E-state index is 0.0421. The molecule has 2 aromatic heterocycles. The molecule has 1 aliphatic heterocycles. The molecule has 1 aromatic carbocycles. The fraction of sp³-hybridized carbons (Fsp3) is 0.375. The molecule has 22 heavy (non-hydrogen) atoms. The monoisotopic (exact) mass is 297 g/mol. The largest absolute Gasteiger partial charge is 0.341 e. The molecule has 0 radical (unpaired) electrons. The molecule has 1 atom stereocenters. The number of imidazole rings is 2. The highest BCUT2D eigenvalue weighted by atomic mass is 16.1. The van der Waals surface area contributed by atoms with Crippen LogP contribution in [0.2, 0.25) is 0 Å². The van der Waals surface area contributed by atoms with Crippen LogP contribution in [0.25, 0.3) is 11.0 Å². The van der Waals surface area contributed by atoms with Gasteiger partial charge in [0.05, 0.1) is 17.1 Å². The summed E-state index contributed by atoms with van der Waals surface area (Å²) in [4.78, 5) is 24.8. The quantitative estimate of drug-likeness (QED) is 0.772. The van der Waals surface area contributed by atoms with Crippen molar-refractivity contribution in [3.05, 3.63) is 53.0 Å². The van der Waals surface area contributed by atoms with E-state index in [0.29, 0.717) is 12.6 Å². The van der Waals surface area contributed by atoms with Gasteiger partial charge in [0.2, 0.25) is 0 Å². The van der Waals surface area contributed by atoms with E-state index in [2.05, 4.69) is 20.9 Å². The number of hydrogen-bond acceptors (Lipinski definition) is 3. The molecule has 6 heteroatoms. The second kappa shape index (κ2) is 5.46. The maximum absolute atomic E-state index is 11.6. The third kappa shape index (κ3) is 2.35. The van der Waals surface area contributed by atoms with Crippen LogP contribution in [0, 0.1) is 0 Å². The van der Waals surface area contributed by atoms with Crippen molar-refractivity contribution in [3.8, 4) is 0 Å². The van der Waals surface area contributed by atoms with E-state index in [1.165, 1.54) is 6.42 Å². The van der Waals surface area contributed by atoms with Crippen LogP contribution in [0.4, 0.5) is 0 Å². The van der Waals surface area contributed by atoms with Crippen molar-refractivity contribution >= 4 is 11.0 Å². The Balaban J connectivity index is 1.53. The number of nitrogens with zero attached hydrogens (tertiary/aromatic N) is 3. The second-order valence-electron chi connectivity index (χ2n) is 5.79. The number of aromatic nitrogens is 4. The van der Waals surface area contributed by atoms with E-state index < -0.39 is 0 Å². The van der Waals surface area contributed by atoms with Gasteiger partial charge in [0, 0.05) is 25.5 Å². The molecule has 1 unspecified atom stereocenters. The molecule has 0 amide bonds. The number of benzene rings is 1. The summed E-state index contributed by atoms with van der Waals surface area (Å²) in [6.07, 6.45) is 5.77. The highest BCUT2D eigenvalue weighted by molar-refractivity contribution is 5.74. The van der Waals surface area contributed by atoms with Crippen molar-refractivity contribution in [3.63, 3.8) is 0 Å². The predicted molar refractivity (Wildman–Crippen MR) is 84.7 cm³/mol. The van der Waals surface area contributed by atoms with Crippen molar-refractivity contribution in [1.82, 2.24) is 24.4 Å². The van der Waals surface area contributed by atoms with Gasteiger partial charge in [-0.15, -0.1) is 0 Å². The summed E-state index contributed by atoms with van der Waals surface area (Å²) in [7, 11) is 0. The van der Waals surface area contributed by atoms with Crippen LogP contribution in [0.3, 0.4) is 0 Å². The van der Waals surface area contributed by atoms with Crippen molar-refractivity contribution < 1.29 is 0 Å². The Kier molecular flexibility index (Phi) is 3.31. The smallest absolute Gasteiger partial charge is 0.325 e. The normalized spacial score (nSPS) is 19.2. The lowest BCUT2D eigenvalue weighted by Gasteiger charge is -2.22. The molecule has 6 nitrogen and oxygen atoms in total. The summed E-state index contributed by atoms with van der Waals surface area (Å²) in [6.45, 7) is 2.62. The lowest BCUT2D eigenvalue weighted by molar-refractivity contribution is 0.239. The summed E-state index contributed by atoms with van der Waals surface area (Å²) >= 11 is 0. The molecule has 2 N–H and O–H groups in total. The van der Waals surface area contributed by atoms with Crippen molar-refractivity contribution in [1.29, 1.82) is 0 Å². The minimum atomic E-state index is -0.0421. The van der Waals surface area contributed by atoms with Gasteiger partial charge in [-0.1, -0.05) is 12.1 Å². The standard InChI is InChI=1S/C16H19N5O/c22-16-17-7-9-21(16)11-10-20-8-3-6-14(20)15-18-12-4-1-2-5-13(12)19-15/h1-2,4-5,7,9,14H,3,6,8,10-11H2,(H,17,22)(H,18,19). The molecule has 0 aliphatic carbocycles. The van der Waals surface area contributed by atoms with Crippen molar-refractivity contribution in [2.45, 2.75) is 25.4 Å². The minimum Gasteiger partial charge on any atom is -0.341 e. The van der Waals surface area contributed by atoms with Crippen LogP contribution in [0.1, 0.15) is 24.7 Å². The molecule has 3 aromatic rings. The molecule has 4 rings (SSSR count). The topological polar surface area (TPSA) is 69.7 Å². The van der Waals surface area contributed by atoms with E-state index in [1.807, 2.05) is 18.2 Å². The molecule has 0 bridgehead atoms. The first-order chi connectivity index (χ1) is 10.8. The van der Waals surface area contributed by atoms with Gasteiger partial charge in [0.15, 0.2) is 0 Å². The Morgan fingerprint density at radius 1 is 1.27 bits per heavy atom. The lowest BCUT2D eigenvalue weighted by atomic mass is 10.2. The van der Waals surface area contributed by atoms with E-state index in [0.717, 1.165) is 36.4 Å². The fourth-order valence-corrected chi connectivity index (χ4v) is 3.30. The van der Waals surface area contributed by atoms with E-state index in [-0.39, 0.29) is 5.69 Å². The fourth-order valence-electron chi connectivity index (χ4n) is 3.30. The van der Waals surface area contributed by atoms with Crippen LogP contribution in [0.5, 0.6) is 0 Å². The molecule has 1 fully saturated rings. The van der Waals surface area contributed by atoms with Crippen molar-refractivity contribution in [2.24, 2.45) is 0 Å². The van der Waals surface area contributed by atoms with Gasteiger partial charge in [0.25, 0.3) is 0 Å². The number of hydrogen-bond donors (Lipinski definition) is 2.